The molecule has 1 rings (SSSR count). The van der Waals surface area contributed by atoms with Gasteiger partial charge in [-0.05, 0) is 20.3 Å². The molecule has 0 bridgehead atoms. The Morgan fingerprint density at radius 1 is 1.41 bits per heavy atom. The van der Waals surface area contributed by atoms with Crippen LogP contribution in [-0.2, 0) is 9.84 Å². The highest BCUT2D eigenvalue weighted by Gasteiger charge is 2.35. The third-order valence-electron chi connectivity index (χ3n) is 3.96. The first kappa shape index (κ1) is 14.9. The van der Waals surface area contributed by atoms with E-state index in [9.17, 15) is 8.42 Å². The highest BCUT2D eigenvalue weighted by atomic mass is 32.2. The lowest BCUT2D eigenvalue weighted by Gasteiger charge is -2.47. The molecule has 0 saturated carbocycles. The summed E-state index contributed by atoms with van der Waals surface area (Å²) in [6.07, 6.45) is 1.04. The van der Waals surface area contributed by atoms with E-state index in [1.807, 2.05) is 0 Å². The highest BCUT2D eigenvalue weighted by molar-refractivity contribution is 7.91. The van der Waals surface area contributed by atoms with Gasteiger partial charge in [0.25, 0.3) is 0 Å². The molecule has 102 valence electrons. The number of rotatable bonds is 5. The monoisotopic (exact) mass is 262 g/mol. The zero-order valence-corrected chi connectivity index (χ0v) is 12.3. The van der Waals surface area contributed by atoms with Crippen LogP contribution in [0.4, 0.5) is 0 Å². The number of piperazine rings is 1. The molecule has 5 heteroatoms. The first-order chi connectivity index (χ1) is 7.83. The lowest BCUT2D eigenvalue weighted by Crippen LogP contribution is -2.63. The topological polar surface area (TPSA) is 49.4 Å². The molecule has 1 saturated heterocycles. The second-order valence-corrected chi connectivity index (χ2v) is 7.79. The molecule has 17 heavy (non-hydrogen) atoms. The standard InChI is InChI=1S/C12H26N2O2S/c1-5-12(4)10-13-11(3)9-14(12)7-8-17(15,16)6-2/h11,13H,5-10H2,1-4H3. The molecular formula is C12H26N2O2S. The Kier molecular flexibility index (Phi) is 4.98. The van der Waals surface area contributed by atoms with E-state index in [1.165, 1.54) is 0 Å². The summed E-state index contributed by atoms with van der Waals surface area (Å²) in [5, 5.41) is 3.47. The lowest BCUT2D eigenvalue weighted by atomic mass is 9.92. The third kappa shape index (κ3) is 3.93. The molecule has 0 aromatic carbocycles. The normalized spacial score (nSPS) is 31.6. The van der Waals surface area contributed by atoms with Crippen LogP contribution < -0.4 is 5.32 Å². The number of hydrogen-bond acceptors (Lipinski definition) is 4. The van der Waals surface area contributed by atoms with E-state index in [1.54, 1.807) is 6.92 Å². The highest BCUT2D eigenvalue weighted by Crippen LogP contribution is 2.22. The smallest absolute Gasteiger partial charge is 0.151 e. The summed E-state index contributed by atoms with van der Waals surface area (Å²) < 4.78 is 23.2. The van der Waals surface area contributed by atoms with Crippen molar-refractivity contribution in [2.45, 2.75) is 45.7 Å². The number of sulfone groups is 1. The van der Waals surface area contributed by atoms with Crippen molar-refractivity contribution in [2.24, 2.45) is 0 Å². The molecule has 4 nitrogen and oxygen atoms in total. The molecule has 1 N–H and O–H groups in total. The van der Waals surface area contributed by atoms with Crippen molar-refractivity contribution < 1.29 is 8.42 Å². The fourth-order valence-corrected chi connectivity index (χ4v) is 3.01. The van der Waals surface area contributed by atoms with Crippen molar-refractivity contribution in [2.75, 3.05) is 31.1 Å². The van der Waals surface area contributed by atoms with Gasteiger partial charge in [-0.1, -0.05) is 13.8 Å². The molecule has 1 fully saturated rings. The van der Waals surface area contributed by atoms with E-state index >= 15 is 0 Å². The summed E-state index contributed by atoms with van der Waals surface area (Å²) in [5.41, 5.74) is 0.0930. The molecule has 0 aromatic rings. The Morgan fingerprint density at radius 2 is 2.06 bits per heavy atom. The zero-order chi connectivity index (χ0) is 13.1. The fraction of sp³-hybridized carbons (Fsp3) is 1.00. The molecule has 2 unspecified atom stereocenters. The second-order valence-electron chi connectivity index (χ2n) is 5.31. The largest absolute Gasteiger partial charge is 0.311 e. The number of nitrogens with one attached hydrogen (secondary N) is 1. The Balaban J connectivity index is 2.65. The van der Waals surface area contributed by atoms with Crippen molar-refractivity contribution in [3.05, 3.63) is 0 Å². The summed E-state index contributed by atoms with van der Waals surface area (Å²) in [7, 11) is -2.86. The van der Waals surface area contributed by atoms with Gasteiger partial charge in [0.05, 0.1) is 5.75 Å². The minimum atomic E-state index is -2.86. The molecule has 0 amide bonds. The molecule has 0 aromatic heterocycles. The molecular weight excluding hydrogens is 236 g/mol. The van der Waals surface area contributed by atoms with Crippen LogP contribution in [0.5, 0.6) is 0 Å². The lowest BCUT2D eigenvalue weighted by molar-refractivity contribution is 0.0589. The van der Waals surface area contributed by atoms with E-state index in [2.05, 4.69) is 31.0 Å². The van der Waals surface area contributed by atoms with E-state index in [-0.39, 0.29) is 17.0 Å². The van der Waals surface area contributed by atoms with Crippen LogP contribution in [0.25, 0.3) is 0 Å². The van der Waals surface area contributed by atoms with Crippen molar-refractivity contribution >= 4 is 9.84 Å². The van der Waals surface area contributed by atoms with Gasteiger partial charge in [0.1, 0.15) is 0 Å². The maximum atomic E-state index is 11.6. The first-order valence-corrected chi connectivity index (χ1v) is 8.34. The Labute approximate surface area is 106 Å². The average Bonchev–Trinajstić information content (AvgIpc) is 2.30. The van der Waals surface area contributed by atoms with E-state index in [0.717, 1.165) is 19.5 Å². The molecule has 0 spiro atoms. The van der Waals surface area contributed by atoms with Gasteiger partial charge < -0.3 is 5.32 Å². The minimum absolute atomic E-state index is 0.0930. The predicted molar refractivity (Wildman–Crippen MR) is 72.1 cm³/mol. The van der Waals surface area contributed by atoms with Crippen LogP contribution in [0.3, 0.4) is 0 Å². The number of nitrogens with zero attached hydrogens (tertiary/aromatic N) is 1. The molecule has 1 heterocycles. The van der Waals surface area contributed by atoms with Gasteiger partial charge in [-0.3, -0.25) is 4.90 Å². The summed E-state index contributed by atoms with van der Waals surface area (Å²) in [6, 6.07) is 0.443. The van der Waals surface area contributed by atoms with Gasteiger partial charge in [-0.15, -0.1) is 0 Å². The van der Waals surface area contributed by atoms with Crippen molar-refractivity contribution in [3.8, 4) is 0 Å². The third-order valence-corrected chi connectivity index (χ3v) is 5.65. The first-order valence-electron chi connectivity index (χ1n) is 6.52. The fourth-order valence-electron chi connectivity index (χ4n) is 2.22. The van der Waals surface area contributed by atoms with Gasteiger partial charge in [-0.2, -0.15) is 0 Å². The predicted octanol–water partition coefficient (Wildman–Crippen LogP) is 0.884. The van der Waals surface area contributed by atoms with E-state index in [0.29, 0.717) is 12.6 Å². The van der Waals surface area contributed by atoms with Gasteiger partial charge >= 0.3 is 0 Å². The zero-order valence-electron chi connectivity index (χ0n) is 11.5. The quantitative estimate of drug-likeness (QED) is 0.799. The van der Waals surface area contributed by atoms with Crippen molar-refractivity contribution in [1.29, 1.82) is 0 Å². The molecule has 1 aliphatic heterocycles. The Hall–Kier alpha value is -0.130. The molecule has 2 atom stereocenters. The molecule has 0 radical (unpaired) electrons. The van der Waals surface area contributed by atoms with Crippen LogP contribution in [-0.4, -0.2) is 56.0 Å². The van der Waals surface area contributed by atoms with Crippen LogP contribution in [0.15, 0.2) is 0 Å². The number of hydrogen-bond donors (Lipinski definition) is 1. The summed E-state index contributed by atoms with van der Waals surface area (Å²) in [6.45, 7) is 10.8. The average molecular weight is 262 g/mol. The second kappa shape index (κ2) is 5.67. The van der Waals surface area contributed by atoms with Crippen molar-refractivity contribution in [1.82, 2.24) is 10.2 Å². The van der Waals surface area contributed by atoms with Gasteiger partial charge in [0.2, 0.25) is 0 Å². The van der Waals surface area contributed by atoms with Gasteiger partial charge in [-0.25, -0.2) is 8.42 Å². The maximum Gasteiger partial charge on any atom is 0.151 e. The summed E-state index contributed by atoms with van der Waals surface area (Å²) in [5.74, 6) is 0.531. The Morgan fingerprint density at radius 3 is 2.59 bits per heavy atom. The summed E-state index contributed by atoms with van der Waals surface area (Å²) in [4.78, 5) is 2.33. The van der Waals surface area contributed by atoms with Crippen LogP contribution in [0.2, 0.25) is 0 Å². The molecule has 1 aliphatic rings. The van der Waals surface area contributed by atoms with Crippen LogP contribution in [0, 0.1) is 0 Å². The maximum absolute atomic E-state index is 11.6. The minimum Gasteiger partial charge on any atom is -0.311 e. The molecule has 0 aliphatic carbocycles. The van der Waals surface area contributed by atoms with Gasteiger partial charge in [0.15, 0.2) is 9.84 Å². The Bertz CT molecular complexity index is 342. The van der Waals surface area contributed by atoms with Gasteiger partial charge in [0, 0.05) is 37.0 Å². The van der Waals surface area contributed by atoms with Crippen LogP contribution >= 0.6 is 0 Å². The SMILES string of the molecule is CCC1(C)CNC(C)CN1CCS(=O)(=O)CC. The van der Waals surface area contributed by atoms with E-state index < -0.39 is 9.84 Å². The van der Waals surface area contributed by atoms with Crippen molar-refractivity contribution in [3.63, 3.8) is 0 Å². The summed E-state index contributed by atoms with van der Waals surface area (Å²) >= 11 is 0. The van der Waals surface area contributed by atoms with E-state index in [4.69, 9.17) is 0 Å². The van der Waals surface area contributed by atoms with Crippen LogP contribution in [0.1, 0.15) is 34.1 Å².